The van der Waals surface area contributed by atoms with Crippen LogP contribution in [0.2, 0.25) is 0 Å². The van der Waals surface area contributed by atoms with Crippen molar-refractivity contribution in [2.24, 2.45) is 0 Å². The van der Waals surface area contributed by atoms with Gasteiger partial charge in [-0.05, 0) is 54.8 Å². The Morgan fingerprint density at radius 1 is 1.00 bits per heavy atom. The van der Waals surface area contributed by atoms with Crippen LogP contribution in [0.15, 0.2) is 42.5 Å². The van der Waals surface area contributed by atoms with E-state index in [1.54, 1.807) is 19.2 Å². The number of aromatic amines is 1. The van der Waals surface area contributed by atoms with E-state index in [-0.39, 0.29) is 11.9 Å². The lowest BCUT2D eigenvalue weighted by Crippen LogP contribution is -2.48. The Kier molecular flexibility index (Phi) is 7.10. The minimum absolute atomic E-state index is 0.0125. The number of anilines is 1. The molecule has 1 amide bonds. The second-order valence-corrected chi connectivity index (χ2v) is 8.04. The van der Waals surface area contributed by atoms with Gasteiger partial charge in [-0.1, -0.05) is 0 Å². The molecule has 4 rings (SSSR count). The number of carbonyl (C=O) groups excluding carboxylic acids is 1. The molecule has 3 aromatic rings. The lowest BCUT2D eigenvalue weighted by molar-refractivity contribution is 0.0932. The highest BCUT2D eigenvalue weighted by atomic mass is 16.5. The van der Waals surface area contributed by atoms with Crippen molar-refractivity contribution in [3.05, 3.63) is 48.0 Å². The van der Waals surface area contributed by atoms with Gasteiger partial charge in [-0.15, -0.1) is 0 Å². The Balaban J connectivity index is 1.44. The van der Waals surface area contributed by atoms with Crippen LogP contribution in [0.25, 0.3) is 11.3 Å². The molecule has 1 saturated heterocycles. The van der Waals surface area contributed by atoms with Crippen LogP contribution in [0, 0.1) is 0 Å². The second-order valence-electron chi connectivity index (χ2n) is 8.04. The number of nitrogens with zero attached hydrogens (tertiary/aromatic N) is 2. The molecule has 0 unspecified atom stereocenters. The Morgan fingerprint density at radius 2 is 1.71 bits per heavy atom. The van der Waals surface area contributed by atoms with Gasteiger partial charge in [-0.25, -0.2) is 0 Å². The molecule has 1 aliphatic rings. The van der Waals surface area contributed by atoms with Crippen LogP contribution in [0.4, 0.5) is 5.82 Å². The number of benzene rings is 2. The molecule has 1 atom stereocenters. The molecular weight excluding hydrogens is 436 g/mol. The smallest absolute Gasteiger partial charge is 0.251 e. The summed E-state index contributed by atoms with van der Waals surface area (Å²) in [5.41, 5.74) is 2.42. The molecule has 0 bridgehead atoms. The third kappa shape index (κ3) is 4.88. The fourth-order valence-electron chi connectivity index (χ4n) is 4.18. The zero-order chi connectivity index (χ0) is 24.1. The van der Waals surface area contributed by atoms with Crippen LogP contribution in [0.5, 0.6) is 23.0 Å². The first kappa shape index (κ1) is 23.3. The average Bonchev–Trinajstić information content (AvgIpc) is 3.38. The molecular formula is C25H30N4O5. The molecule has 2 heterocycles. The van der Waals surface area contributed by atoms with Gasteiger partial charge in [0.25, 0.3) is 5.91 Å². The number of nitrogens with one attached hydrogen (secondary N) is 2. The van der Waals surface area contributed by atoms with E-state index < -0.39 is 0 Å². The summed E-state index contributed by atoms with van der Waals surface area (Å²) in [6, 6.07) is 13.2. The van der Waals surface area contributed by atoms with Gasteiger partial charge in [-0.2, -0.15) is 5.10 Å². The van der Waals surface area contributed by atoms with E-state index in [2.05, 4.69) is 20.4 Å². The van der Waals surface area contributed by atoms with Crippen LogP contribution in [-0.2, 0) is 0 Å². The SMILES string of the molecule is COc1ccc(-c2cc(N3CCC[C@@H](NC(=O)c4cc(OC)c(OC)c(OC)c4)C3)n[nH]2)cc1. The van der Waals surface area contributed by atoms with Crippen LogP contribution in [0.3, 0.4) is 0 Å². The number of methoxy groups -OCH3 is 4. The van der Waals surface area contributed by atoms with Gasteiger partial charge in [-0.3, -0.25) is 9.89 Å². The van der Waals surface area contributed by atoms with Crippen molar-refractivity contribution in [3.8, 4) is 34.3 Å². The number of ether oxygens (including phenoxy) is 4. The highest BCUT2D eigenvalue weighted by Crippen LogP contribution is 2.38. The first-order valence-corrected chi connectivity index (χ1v) is 11.1. The molecule has 34 heavy (non-hydrogen) atoms. The summed E-state index contributed by atoms with van der Waals surface area (Å²) in [5, 5.41) is 10.8. The van der Waals surface area contributed by atoms with Gasteiger partial charge in [0.15, 0.2) is 17.3 Å². The van der Waals surface area contributed by atoms with Crippen LogP contribution in [-0.4, -0.2) is 63.7 Å². The minimum Gasteiger partial charge on any atom is -0.497 e. The number of hydrogen-bond acceptors (Lipinski definition) is 7. The van der Waals surface area contributed by atoms with Gasteiger partial charge in [0, 0.05) is 30.8 Å². The summed E-state index contributed by atoms with van der Waals surface area (Å²) >= 11 is 0. The molecule has 9 nitrogen and oxygen atoms in total. The predicted molar refractivity (Wildman–Crippen MR) is 129 cm³/mol. The first-order chi connectivity index (χ1) is 16.6. The molecule has 9 heteroatoms. The average molecular weight is 467 g/mol. The van der Waals surface area contributed by atoms with Gasteiger partial charge in [0.05, 0.1) is 34.1 Å². The van der Waals surface area contributed by atoms with Crippen molar-refractivity contribution in [3.63, 3.8) is 0 Å². The molecule has 0 radical (unpaired) electrons. The lowest BCUT2D eigenvalue weighted by atomic mass is 10.0. The summed E-state index contributed by atoms with van der Waals surface area (Å²) in [6.45, 7) is 1.55. The van der Waals surface area contributed by atoms with Gasteiger partial charge < -0.3 is 29.2 Å². The van der Waals surface area contributed by atoms with E-state index in [1.165, 1.54) is 21.3 Å². The number of piperidine rings is 1. The molecule has 180 valence electrons. The van der Waals surface area contributed by atoms with E-state index in [0.29, 0.717) is 29.4 Å². The van der Waals surface area contributed by atoms with Crippen LogP contribution >= 0.6 is 0 Å². The summed E-state index contributed by atoms with van der Waals surface area (Å²) in [7, 11) is 6.24. The van der Waals surface area contributed by atoms with Crippen molar-refractivity contribution in [2.75, 3.05) is 46.4 Å². The number of H-pyrrole nitrogens is 1. The fourth-order valence-corrected chi connectivity index (χ4v) is 4.18. The number of carbonyl (C=O) groups is 1. The maximum Gasteiger partial charge on any atom is 0.251 e. The summed E-state index contributed by atoms with van der Waals surface area (Å²) in [5.74, 6) is 2.83. The first-order valence-electron chi connectivity index (χ1n) is 11.1. The molecule has 2 N–H and O–H groups in total. The highest BCUT2D eigenvalue weighted by molar-refractivity contribution is 5.96. The molecule has 0 spiro atoms. The number of aromatic nitrogens is 2. The molecule has 1 aromatic heterocycles. The Labute approximate surface area is 199 Å². The number of hydrogen-bond donors (Lipinski definition) is 2. The number of rotatable bonds is 8. The van der Waals surface area contributed by atoms with Gasteiger partial charge >= 0.3 is 0 Å². The summed E-state index contributed by atoms with van der Waals surface area (Å²) in [4.78, 5) is 15.2. The van der Waals surface area contributed by atoms with E-state index in [4.69, 9.17) is 18.9 Å². The van der Waals surface area contributed by atoms with Crippen molar-refractivity contribution < 1.29 is 23.7 Å². The maximum atomic E-state index is 13.0. The fraction of sp³-hybridized carbons (Fsp3) is 0.360. The van der Waals surface area contributed by atoms with Crippen LogP contribution in [0.1, 0.15) is 23.2 Å². The van der Waals surface area contributed by atoms with E-state index >= 15 is 0 Å². The van der Waals surface area contributed by atoms with Crippen molar-refractivity contribution in [1.29, 1.82) is 0 Å². The van der Waals surface area contributed by atoms with E-state index in [0.717, 1.165) is 42.2 Å². The van der Waals surface area contributed by atoms with Gasteiger partial charge in [0.2, 0.25) is 5.75 Å². The Hall–Kier alpha value is -3.88. The van der Waals surface area contributed by atoms with E-state index in [1.807, 2.05) is 30.3 Å². The second kappa shape index (κ2) is 10.4. The predicted octanol–water partition coefficient (Wildman–Crippen LogP) is 3.51. The largest absolute Gasteiger partial charge is 0.497 e. The van der Waals surface area contributed by atoms with Crippen molar-refractivity contribution in [2.45, 2.75) is 18.9 Å². The third-order valence-corrected chi connectivity index (χ3v) is 5.97. The minimum atomic E-state index is -0.188. The van der Waals surface area contributed by atoms with Crippen molar-refractivity contribution in [1.82, 2.24) is 15.5 Å². The highest BCUT2D eigenvalue weighted by Gasteiger charge is 2.25. The molecule has 2 aromatic carbocycles. The summed E-state index contributed by atoms with van der Waals surface area (Å²) in [6.07, 6.45) is 1.84. The molecule has 0 aliphatic carbocycles. The zero-order valence-electron chi connectivity index (χ0n) is 19.9. The monoisotopic (exact) mass is 466 g/mol. The third-order valence-electron chi connectivity index (χ3n) is 5.97. The summed E-state index contributed by atoms with van der Waals surface area (Å²) < 4.78 is 21.3. The molecule has 1 aliphatic heterocycles. The molecule has 0 saturated carbocycles. The van der Waals surface area contributed by atoms with Gasteiger partial charge in [0.1, 0.15) is 5.75 Å². The normalized spacial score (nSPS) is 15.5. The van der Waals surface area contributed by atoms with Crippen LogP contribution < -0.4 is 29.2 Å². The standard InChI is InChI=1S/C25H30N4O5/c1-31-19-9-7-16(8-10-19)20-14-23(28-27-20)29-11-5-6-18(15-29)26-25(30)17-12-21(32-2)24(34-4)22(13-17)33-3/h7-10,12-14,18H,5-6,11,15H2,1-4H3,(H,26,30)(H,27,28)/t18-/m1/s1. The Morgan fingerprint density at radius 3 is 2.32 bits per heavy atom. The van der Waals surface area contributed by atoms with Crippen molar-refractivity contribution >= 4 is 11.7 Å². The molecule has 1 fully saturated rings. The van der Waals surface area contributed by atoms with E-state index in [9.17, 15) is 4.79 Å². The topological polar surface area (TPSA) is 97.9 Å². The maximum absolute atomic E-state index is 13.0. The Bertz CT molecular complexity index is 1100. The quantitative estimate of drug-likeness (QED) is 0.524. The lowest BCUT2D eigenvalue weighted by Gasteiger charge is -2.33. The number of amides is 1. The zero-order valence-corrected chi connectivity index (χ0v) is 19.9.